The third-order valence-corrected chi connectivity index (χ3v) is 3.45. The minimum absolute atomic E-state index is 0.0210. The van der Waals surface area contributed by atoms with Crippen LogP contribution in [0.1, 0.15) is 24.5 Å². The molecule has 0 atom stereocenters. The average molecular weight is 261 g/mol. The third kappa shape index (κ3) is 2.43. The Morgan fingerprint density at radius 1 is 1.26 bits per heavy atom. The summed E-state index contributed by atoms with van der Waals surface area (Å²) in [4.78, 5) is 13.4. The van der Waals surface area contributed by atoms with Gasteiger partial charge in [-0.25, -0.2) is 0 Å². The lowest BCUT2D eigenvalue weighted by molar-refractivity contribution is -0.125. The van der Waals surface area contributed by atoms with E-state index in [1.54, 1.807) is 26.0 Å². The molecular formula is C15H19NO3. The van der Waals surface area contributed by atoms with Gasteiger partial charge < -0.3 is 14.4 Å². The third-order valence-electron chi connectivity index (χ3n) is 3.45. The number of carbonyl (C=O) groups is 1. The second-order valence-corrected chi connectivity index (χ2v) is 4.59. The summed E-state index contributed by atoms with van der Waals surface area (Å²) in [5.74, 6) is 1.39. The number of ether oxygens (including phenoxy) is 2. The van der Waals surface area contributed by atoms with Gasteiger partial charge in [0.15, 0.2) is 11.5 Å². The van der Waals surface area contributed by atoms with Crippen molar-refractivity contribution in [2.75, 3.05) is 20.8 Å². The Morgan fingerprint density at radius 3 is 2.47 bits per heavy atom. The van der Waals surface area contributed by atoms with Gasteiger partial charge in [-0.2, -0.15) is 0 Å². The van der Waals surface area contributed by atoms with E-state index >= 15 is 0 Å². The lowest BCUT2D eigenvalue weighted by atomic mass is 10.0. The van der Waals surface area contributed by atoms with E-state index in [9.17, 15) is 4.79 Å². The summed E-state index contributed by atoms with van der Waals surface area (Å²) in [6, 6.07) is 3.88. The molecule has 0 saturated heterocycles. The van der Waals surface area contributed by atoms with Gasteiger partial charge in [0, 0.05) is 24.7 Å². The van der Waals surface area contributed by atoms with Crippen molar-refractivity contribution in [2.24, 2.45) is 0 Å². The van der Waals surface area contributed by atoms with Crippen molar-refractivity contribution >= 4 is 11.6 Å². The number of aryl methyl sites for hydroxylation is 1. The lowest BCUT2D eigenvalue weighted by Gasteiger charge is -2.22. The number of rotatable bonds is 2. The molecule has 0 N–H and O–H groups in total. The Labute approximate surface area is 113 Å². The highest BCUT2D eigenvalue weighted by Crippen LogP contribution is 2.36. The summed E-state index contributed by atoms with van der Waals surface area (Å²) in [6.45, 7) is 6.33. The number of fused-ring (bicyclic) bond motifs is 1. The molecule has 102 valence electrons. The zero-order valence-electron chi connectivity index (χ0n) is 11.7. The molecule has 0 bridgehead atoms. The number of nitrogens with zero attached hydrogens (tertiary/aromatic N) is 1. The van der Waals surface area contributed by atoms with Crippen LogP contribution in [0.25, 0.3) is 5.70 Å². The first-order chi connectivity index (χ1) is 9.08. The molecule has 0 spiro atoms. The molecule has 19 heavy (non-hydrogen) atoms. The summed E-state index contributed by atoms with van der Waals surface area (Å²) < 4.78 is 10.6. The Bertz CT molecular complexity index is 522. The monoisotopic (exact) mass is 261 g/mol. The van der Waals surface area contributed by atoms with Crippen LogP contribution < -0.4 is 9.47 Å². The van der Waals surface area contributed by atoms with Gasteiger partial charge >= 0.3 is 0 Å². The number of benzene rings is 1. The highest BCUT2D eigenvalue weighted by Gasteiger charge is 2.22. The molecule has 4 nitrogen and oxygen atoms in total. The van der Waals surface area contributed by atoms with E-state index in [2.05, 4.69) is 6.58 Å². The van der Waals surface area contributed by atoms with Crippen LogP contribution in [-0.2, 0) is 11.2 Å². The summed E-state index contributed by atoms with van der Waals surface area (Å²) in [5, 5.41) is 0. The molecule has 1 aromatic rings. The van der Waals surface area contributed by atoms with E-state index in [-0.39, 0.29) is 5.91 Å². The maximum absolute atomic E-state index is 11.7. The Hall–Kier alpha value is -1.97. The maximum atomic E-state index is 11.7. The molecule has 1 heterocycles. The number of carbonyl (C=O) groups excluding carboxylic acids is 1. The second-order valence-electron chi connectivity index (χ2n) is 4.59. The average Bonchev–Trinajstić information content (AvgIpc) is 2.56. The fraction of sp³-hybridized carbons (Fsp3) is 0.400. The zero-order chi connectivity index (χ0) is 14.0. The van der Waals surface area contributed by atoms with Gasteiger partial charge in [0.05, 0.1) is 14.2 Å². The zero-order valence-corrected chi connectivity index (χ0v) is 11.7. The van der Waals surface area contributed by atoms with Gasteiger partial charge in [-0.1, -0.05) is 6.58 Å². The van der Waals surface area contributed by atoms with Gasteiger partial charge in [-0.05, 0) is 30.5 Å². The molecule has 4 heteroatoms. The van der Waals surface area contributed by atoms with Crippen molar-refractivity contribution in [3.05, 3.63) is 29.8 Å². The molecule has 1 amide bonds. The van der Waals surface area contributed by atoms with E-state index < -0.39 is 0 Å². The number of hydrogen-bond donors (Lipinski definition) is 0. The molecule has 2 rings (SSSR count). The van der Waals surface area contributed by atoms with Gasteiger partial charge in [-0.15, -0.1) is 0 Å². The van der Waals surface area contributed by atoms with Crippen LogP contribution in [0.3, 0.4) is 0 Å². The summed E-state index contributed by atoms with van der Waals surface area (Å²) in [5.41, 5.74) is 2.85. The van der Waals surface area contributed by atoms with E-state index in [1.807, 2.05) is 12.1 Å². The van der Waals surface area contributed by atoms with Crippen LogP contribution in [0, 0.1) is 0 Å². The van der Waals surface area contributed by atoms with Crippen LogP contribution in [0.15, 0.2) is 18.7 Å². The molecule has 1 aliphatic heterocycles. The Kier molecular flexibility index (Phi) is 3.79. The summed E-state index contributed by atoms with van der Waals surface area (Å²) >= 11 is 0. The van der Waals surface area contributed by atoms with Crippen molar-refractivity contribution in [1.29, 1.82) is 0 Å². The molecule has 0 unspecified atom stereocenters. The molecular weight excluding hydrogens is 242 g/mol. The quantitative estimate of drug-likeness (QED) is 0.821. The fourth-order valence-electron chi connectivity index (χ4n) is 2.45. The highest BCUT2D eigenvalue weighted by atomic mass is 16.5. The van der Waals surface area contributed by atoms with E-state index in [0.29, 0.717) is 18.0 Å². The standard InChI is InChI=1S/C15H19NO3/c1-10-13-9-15(19-4)14(18-3)8-12(13)6-5-7-16(10)11(2)17/h8-9H,1,5-7H2,2-4H3. The van der Waals surface area contributed by atoms with Crippen LogP contribution in [-0.4, -0.2) is 31.6 Å². The fourth-order valence-corrected chi connectivity index (χ4v) is 2.45. The SMILES string of the molecule is C=C1c2cc(OC)c(OC)cc2CCCN1C(C)=O. The van der Waals surface area contributed by atoms with Crippen molar-refractivity contribution < 1.29 is 14.3 Å². The molecule has 1 aromatic carbocycles. The highest BCUT2D eigenvalue weighted by molar-refractivity contribution is 5.86. The normalized spacial score (nSPS) is 14.7. The first-order valence-electron chi connectivity index (χ1n) is 6.30. The molecule has 0 fully saturated rings. The van der Waals surface area contributed by atoms with Crippen LogP contribution >= 0.6 is 0 Å². The first kappa shape index (κ1) is 13.5. The van der Waals surface area contributed by atoms with Gasteiger partial charge in [0.2, 0.25) is 5.91 Å². The van der Waals surface area contributed by atoms with Crippen LogP contribution in [0.2, 0.25) is 0 Å². The van der Waals surface area contributed by atoms with Crippen molar-refractivity contribution in [3.8, 4) is 11.5 Å². The predicted molar refractivity (Wildman–Crippen MR) is 74.3 cm³/mol. The largest absolute Gasteiger partial charge is 0.493 e. The molecule has 0 aliphatic carbocycles. The van der Waals surface area contributed by atoms with Gasteiger partial charge in [0.25, 0.3) is 0 Å². The number of hydrogen-bond acceptors (Lipinski definition) is 3. The topological polar surface area (TPSA) is 38.8 Å². The molecule has 0 saturated carbocycles. The van der Waals surface area contributed by atoms with Crippen LogP contribution in [0.4, 0.5) is 0 Å². The van der Waals surface area contributed by atoms with E-state index in [4.69, 9.17) is 9.47 Å². The second kappa shape index (κ2) is 5.34. The van der Waals surface area contributed by atoms with Crippen molar-refractivity contribution in [3.63, 3.8) is 0 Å². The summed E-state index contributed by atoms with van der Waals surface area (Å²) in [7, 11) is 3.23. The van der Waals surface area contributed by atoms with E-state index in [1.165, 1.54) is 0 Å². The summed E-state index contributed by atoms with van der Waals surface area (Å²) in [6.07, 6.45) is 1.82. The maximum Gasteiger partial charge on any atom is 0.223 e. The number of amides is 1. The smallest absolute Gasteiger partial charge is 0.223 e. The molecule has 0 aromatic heterocycles. The van der Waals surface area contributed by atoms with Gasteiger partial charge in [0.1, 0.15) is 0 Å². The van der Waals surface area contributed by atoms with Crippen LogP contribution in [0.5, 0.6) is 11.5 Å². The predicted octanol–water partition coefficient (Wildman–Crippen LogP) is 2.47. The first-order valence-corrected chi connectivity index (χ1v) is 6.30. The van der Waals surface area contributed by atoms with Gasteiger partial charge in [-0.3, -0.25) is 4.79 Å². The molecule has 1 aliphatic rings. The Morgan fingerprint density at radius 2 is 1.89 bits per heavy atom. The molecule has 0 radical (unpaired) electrons. The lowest BCUT2D eigenvalue weighted by Crippen LogP contribution is -2.26. The number of methoxy groups -OCH3 is 2. The Balaban J connectivity index is 2.52. The minimum atomic E-state index is 0.0210. The van der Waals surface area contributed by atoms with E-state index in [0.717, 1.165) is 29.7 Å². The van der Waals surface area contributed by atoms with Crippen molar-refractivity contribution in [2.45, 2.75) is 19.8 Å². The van der Waals surface area contributed by atoms with Crippen molar-refractivity contribution in [1.82, 2.24) is 4.90 Å². The minimum Gasteiger partial charge on any atom is -0.493 e.